The van der Waals surface area contributed by atoms with E-state index in [1.54, 1.807) is 14.2 Å². The summed E-state index contributed by atoms with van der Waals surface area (Å²) in [5, 5.41) is 9.55. The van der Waals surface area contributed by atoms with Gasteiger partial charge >= 0.3 is 0 Å². The molecule has 1 rings (SSSR count). The second-order valence-corrected chi connectivity index (χ2v) is 4.02. The van der Waals surface area contributed by atoms with Gasteiger partial charge in [-0.1, -0.05) is 0 Å². The Labute approximate surface area is 71.1 Å². The largest absolute Gasteiger partial charge is 0.383 e. The van der Waals surface area contributed by atoms with Crippen molar-refractivity contribution in [3.05, 3.63) is 0 Å². The van der Waals surface area contributed by atoms with Crippen LogP contribution in [-0.2, 0) is 9.47 Å². The smallest absolute Gasteiger partial charge is 0.102 e. The molecule has 0 aromatic carbocycles. The van der Waals surface area contributed by atoms with Crippen LogP contribution < -0.4 is 0 Å². The van der Waals surface area contributed by atoms with Gasteiger partial charge in [0, 0.05) is 20.6 Å². The van der Waals surface area contributed by atoms with Gasteiger partial charge < -0.3 is 14.6 Å². The first-order valence-corrected chi connectivity index (χ1v) is 4.57. The van der Waals surface area contributed by atoms with E-state index in [2.05, 4.69) is 0 Å². The Morgan fingerprint density at radius 1 is 1.55 bits per heavy atom. The summed E-state index contributed by atoms with van der Waals surface area (Å²) in [6.45, 7) is 0.653. The lowest BCUT2D eigenvalue weighted by Gasteiger charge is -2.14. The molecule has 1 aliphatic rings. The number of methoxy groups -OCH3 is 2. The molecule has 3 atom stereocenters. The number of rotatable bonds is 3. The molecule has 0 aromatic heterocycles. The molecule has 1 fully saturated rings. The highest BCUT2D eigenvalue weighted by molar-refractivity contribution is 8.00. The predicted octanol–water partition coefficient (Wildman–Crippen LogP) is 0.472. The number of aliphatic hydroxyl groups is 1. The zero-order valence-corrected chi connectivity index (χ0v) is 7.63. The van der Waals surface area contributed by atoms with Gasteiger partial charge in [0.2, 0.25) is 0 Å². The van der Waals surface area contributed by atoms with Gasteiger partial charge in [0.05, 0.1) is 18.0 Å². The van der Waals surface area contributed by atoms with E-state index in [-0.39, 0.29) is 11.5 Å². The van der Waals surface area contributed by atoms with Crippen molar-refractivity contribution in [1.29, 1.82) is 0 Å². The molecule has 0 amide bonds. The van der Waals surface area contributed by atoms with Gasteiger partial charge in [0.25, 0.3) is 0 Å². The van der Waals surface area contributed by atoms with Crippen molar-refractivity contribution in [1.82, 2.24) is 0 Å². The van der Waals surface area contributed by atoms with Crippen LogP contribution in [0.15, 0.2) is 0 Å². The van der Waals surface area contributed by atoms with E-state index in [4.69, 9.17) is 9.47 Å². The third kappa shape index (κ3) is 2.33. The zero-order valence-electron chi connectivity index (χ0n) is 6.82. The minimum Gasteiger partial charge on any atom is -0.383 e. The zero-order chi connectivity index (χ0) is 8.27. The average Bonchev–Trinajstić information content (AvgIpc) is 2.32. The van der Waals surface area contributed by atoms with Gasteiger partial charge in [-0.3, -0.25) is 0 Å². The summed E-state index contributed by atoms with van der Waals surface area (Å²) < 4.78 is 10.2. The highest BCUT2D eigenvalue weighted by Crippen LogP contribution is 2.33. The van der Waals surface area contributed by atoms with Crippen molar-refractivity contribution in [2.75, 3.05) is 20.8 Å². The molecule has 0 unspecified atom stereocenters. The molecule has 0 spiro atoms. The predicted molar refractivity (Wildman–Crippen MR) is 44.7 cm³/mol. The van der Waals surface area contributed by atoms with Crippen molar-refractivity contribution in [2.45, 2.75) is 23.2 Å². The molecule has 0 saturated carbocycles. The number of hydrogen-bond donors (Lipinski definition) is 1. The van der Waals surface area contributed by atoms with Crippen LogP contribution in [0, 0.1) is 0 Å². The maximum atomic E-state index is 9.26. The molecule has 3 nitrogen and oxygen atoms in total. The van der Waals surface area contributed by atoms with E-state index in [1.807, 2.05) is 0 Å². The number of ether oxygens (including phenoxy) is 2. The Kier molecular flexibility index (Phi) is 3.65. The van der Waals surface area contributed by atoms with E-state index in [0.29, 0.717) is 11.9 Å². The normalized spacial score (nSPS) is 37.9. The van der Waals surface area contributed by atoms with Crippen molar-refractivity contribution < 1.29 is 14.6 Å². The lowest BCUT2D eigenvalue weighted by atomic mass is 10.2. The molecular weight excluding hydrogens is 164 g/mol. The molecule has 0 aromatic rings. The van der Waals surface area contributed by atoms with Gasteiger partial charge in [-0.15, -0.1) is 11.8 Å². The van der Waals surface area contributed by atoms with Crippen LogP contribution in [0.5, 0.6) is 0 Å². The minimum atomic E-state index is -0.278. The van der Waals surface area contributed by atoms with Crippen LogP contribution in [0.2, 0.25) is 0 Å². The maximum absolute atomic E-state index is 9.26. The fourth-order valence-corrected chi connectivity index (χ4v) is 2.57. The third-order valence-corrected chi connectivity index (χ3v) is 3.11. The molecule has 0 bridgehead atoms. The molecule has 66 valence electrons. The van der Waals surface area contributed by atoms with E-state index in [9.17, 15) is 5.11 Å². The van der Waals surface area contributed by atoms with Crippen LogP contribution in [0.4, 0.5) is 0 Å². The molecule has 0 aliphatic carbocycles. The summed E-state index contributed by atoms with van der Waals surface area (Å²) in [5.41, 5.74) is -0.278. The molecule has 11 heavy (non-hydrogen) atoms. The molecule has 0 radical (unpaired) electrons. The SMILES string of the molecule is COC[C@@H]1S[C@@H](O)C[C@@H]1OC. The number of aliphatic hydroxyl groups excluding tert-OH is 1. The summed E-state index contributed by atoms with van der Waals surface area (Å²) >= 11 is 1.53. The molecule has 1 aliphatic heterocycles. The monoisotopic (exact) mass is 178 g/mol. The van der Waals surface area contributed by atoms with Crippen molar-refractivity contribution >= 4 is 11.8 Å². The van der Waals surface area contributed by atoms with E-state index in [1.165, 1.54) is 11.8 Å². The van der Waals surface area contributed by atoms with Crippen LogP contribution in [0.1, 0.15) is 6.42 Å². The quantitative estimate of drug-likeness (QED) is 0.682. The molecule has 1 N–H and O–H groups in total. The fourth-order valence-electron chi connectivity index (χ4n) is 1.25. The molecule has 1 saturated heterocycles. The Morgan fingerprint density at radius 2 is 2.27 bits per heavy atom. The average molecular weight is 178 g/mol. The van der Waals surface area contributed by atoms with Crippen molar-refractivity contribution in [2.24, 2.45) is 0 Å². The van der Waals surface area contributed by atoms with Crippen LogP contribution in [-0.4, -0.2) is 42.7 Å². The van der Waals surface area contributed by atoms with E-state index < -0.39 is 0 Å². The number of hydrogen-bond acceptors (Lipinski definition) is 4. The van der Waals surface area contributed by atoms with Gasteiger partial charge in [-0.2, -0.15) is 0 Å². The second kappa shape index (κ2) is 4.30. The standard InChI is InChI=1S/C7H14O3S/c1-9-4-6-5(10-2)3-7(8)11-6/h5-8H,3-4H2,1-2H3/t5-,6-,7+/m0/s1. The lowest BCUT2D eigenvalue weighted by Crippen LogP contribution is -2.24. The highest BCUT2D eigenvalue weighted by Gasteiger charge is 2.33. The van der Waals surface area contributed by atoms with Crippen LogP contribution in [0.25, 0.3) is 0 Å². The van der Waals surface area contributed by atoms with E-state index in [0.717, 1.165) is 6.42 Å². The first kappa shape index (κ1) is 9.32. The fraction of sp³-hybridized carbons (Fsp3) is 1.00. The summed E-state index contributed by atoms with van der Waals surface area (Å²) in [6, 6.07) is 0. The van der Waals surface area contributed by atoms with E-state index >= 15 is 0 Å². The van der Waals surface area contributed by atoms with Crippen LogP contribution >= 0.6 is 11.8 Å². The second-order valence-electron chi connectivity index (χ2n) is 2.59. The Morgan fingerprint density at radius 3 is 2.82 bits per heavy atom. The first-order chi connectivity index (χ1) is 5.27. The Bertz CT molecular complexity index is 120. The number of thioether (sulfide) groups is 1. The minimum absolute atomic E-state index is 0.148. The molecule has 4 heteroatoms. The van der Waals surface area contributed by atoms with Gasteiger partial charge in [-0.25, -0.2) is 0 Å². The highest BCUT2D eigenvalue weighted by atomic mass is 32.2. The summed E-state index contributed by atoms with van der Waals surface area (Å²) in [6.07, 6.45) is 0.866. The first-order valence-electron chi connectivity index (χ1n) is 3.63. The summed E-state index contributed by atoms with van der Waals surface area (Å²) in [7, 11) is 3.34. The van der Waals surface area contributed by atoms with Gasteiger partial charge in [0.15, 0.2) is 0 Å². The van der Waals surface area contributed by atoms with Crippen molar-refractivity contribution in [3.8, 4) is 0 Å². The molecular formula is C7H14O3S. The van der Waals surface area contributed by atoms with Crippen LogP contribution in [0.3, 0.4) is 0 Å². The molecule has 1 heterocycles. The van der Waals surface area contributed by atoms with Gasteiger partial charge in [0.1, 0.15) is 5.44 Å². The maximum Gasteiger partial charge on any atom is 0.102 e. The summed E-state index contributed by atoms with van der Waals surface area (Å²) in [4.78, 5) is 0. The lowest BCUT2D eigenvalue weighted by molar-refractivity contribution is 0.0612. The Hall–Kier alpha value is 0.230. The van der Waals surface area contributed by atoms with Gasteiger partial charge in [-0.05, 0) is 0 Å². The third-order valence-electron chi connectivity index (χ3n) is 1.81. The topological polar surface area (TPSA) is 38.7 Å². The van der Waals surface area contributed by atoms with Crippen molar-refractivity contribution in [3.63, 3.8) is 0 Å². The Balaban J connectivity index is 2.37. The summed E-state index contributed by atoms with van der Waals surface area (Å²) in [5.74, 6) is 0.